The van der Waals surface area contributed by atoms with Crippen LogP contribution in [0.15, 0.2) is 42.0 Å². The molecule has 47 heavy (non-hydrogen) atoms. The van der Waals surface area contributed by atoms with E-state index in [1.165, 1.54) is 39.2 Å². The Hall–Kier alpha value is -2.82. The van der Waals surface area contributed by atoms with Crippen LogP contribution in [-0.4, -0.2) is 70.5 Å². The van der Waals surface area contributed by atoms with E-state index in [4.69, 9.17) is 32.7 Å². The molecular formula is C36H48Cl2N2O7. The van der Waals surface area contributed by atoms with Crippen molar-refractivity contribution in [3.8, 4) is 11.5 Å². The molecule has 1 aliphatic carbocycles. The number of aliphatic hydroxyl groups excluding tert-OH is 3. The van der Waals surface area contributed by atoms with Crippen LogP contribution in [0.5, 0.6) is 11.5 Å². The van der Waals surface area contributed by atoms with Crippen molar-refractivity contribution in [1.29, 1.82) is 0 Å². The molecule has 258 valence electrons. The first kappa shape index (κ1) is 37.0. The molecular weight excluding hydrogens is 643 g/mol. The number of hydrogen-bond acceptors (Lipinski definition) is 7. The van der Waals surface area contributed by atoms with Crippen LogP contribution in [-0.2, 0) is 22.7 Å². The highest BCUT2D eigenvalue weighted by atomic mass is 35.5. The Bertz CT molecular complexity index is 1400. The number of methoxy groups -OCH3 is 1. The first-order valence-electron chi connectivity index (χ1n) is 16.7. The van der Waals surface area contributed by atoms with Crippen molar-refractivity contribution in [2.75, 3.05) is 20.3 Å². The van der Waals surface area contributed by atoms with Crippen LogP contribution in [0.25, 0.3) is 0 Å². The molecule has 2 amide bonds. The van der Waals surface area contributed by atoms with Gasteiger partial charge in [0.2, 0.25) is 11.8 Å². The first-order chi connectivity index (χ1) is 22.7. The van der Waals surface area contributed by atoms with E-state index >= 15 is 0 Å². The Morgan fingerprint density at radius 2 is 1.70 bits per heavy atom. The number of rotatable bonds is 18. The zero-order chi connectivity index (χ0) is 33.9. The number of ether oxygens (including phenoxy) is 2. The van der Waals surface area contributed by atoms with Gasteiger partial charge in [-0.05, 0) is 47.9 Å². The average Bonchev–Trinajstić information content (AvgIpc) is 3.46. The molecule has 0 spiro atoms. The van der Waals surface area contributed by atoms with Crippen molar-refractivity contribution in [1.82, 2.24) is 10.2 Å². The van der Waals surface area contributed by atoms with Gasteiger partial charge in [-0.15, -0.1) is 0 Å². The number of carbonyl (C=O) groups is 2. The minimum absolute atomic E-state index is 0.0239. The normalized spacial score (nSPS) is 19.8. The number of aliphatic hydroxyl groups is 3. The second-order valence-corrected chi connectivity index (χ2v) is 13.2. The zero-order valence-corrected chi connectivity index (χ0v) is 28.9. The third-order valence-electron chi connectivity index (χ3n) is 9.03. The number of amides is 2. The fraction of sp³-hybridized carbons (Fsp3) is 0.556. The van der Waals surface area contributed by atoms with Gasteiger partial charge in [-0.2, -0.15) is 0 Å². The molecule has 9 nitrogen and oxygen atoms in total. The summed E-state index contributed by atoms with van der Waals surface area (Å²) in [5, 5.41) is 34.9. The summed E-state index contributed by atoms with van der Waals surface area (Å²) in [5.74, 6) is -0.599. The van der Waals surface area contributed by atoms with Gasteiger partial charge in [0.05, 0.1) is 32.3 Å². The fourth-order valence-corrected chi connectivity index (χ4v) is 7.01. The predicted octanol–water partition coefficient (Wildman–Crippen LogP) is 6.07. The summed E-state index contributed by atoms with van der Waals surface area (Å²) >= 11 is 12.7. The van der Waals surface area contributed by atoms with Crippen molar-refractivity contribution in [3.63, 3.8) is 0 Å². The minimum Gasteiger partial charge on any atom is -0.493 e. The van der Waals surface area contributed by atoms with Crippen LogP contribution in [0.2, 0.25) is 10.0 Å². The molecule has 11 heteroatoms. The highest BCUT2D eigenvalue weighted by molar-refractivity contribution is 6.35. The van der Waals surface area contributed by atoms with Gasteiger partial charge >= 0.3 is 0 Å². The summed E-state index contributed by atoms with van der Waals surface area (Å²) in [6, 6.07) is 7.53. The summed E-state index contributed by atoms with van der Waals surface area (Å²) in [5.41, 5.74) is 2.09. The second-order valence-electron chi connectivity index (χ2n) is 12.4. The van der Waals surface area contributed by atoms with E-state index in [1.807, 2.05) is 0 Å². The maximum absolute atomic E-state index is 14.0. The van der Waals surface area contributed by atoms with Gasteiger partial charge < -0.3 is 35.0 Å². The van der Waals surface area contributed by atoms with Gasteiger partial charge in [-0.3, -0.25) is 9.59 Å². The van der Waals surface area contributed by atoms with Crippen LogP contribution in [0.4, 0.5) is 0 Å². The number of unbranched alkanes of at least 4 members (excludes halogenated alkanes) is 8. The highest BCUT2D eigenvalue weighted by Crippen LogP contribution is 2.51. The van der Waals surface area contributed by atoms with E-state index in [1.54, 1.807) is 41.3 Å². The number of fused-ring (bicyclic) bond motifs is 3. The maximum Gasteiger partial charge on any atom is 0.247 e. The minimum atomic E-state index is -1.22. The quantitative estimate of drug-likeness (QED) is 0.140. The van der Waals surface area contributed by atoms with E-state index in [0.717, 1.165) is 19.3 Å². The fourth-order valence-electron chi connectivity index (χ4n) is 6.54. The lowest BCUT2D eigenvalue weighted by atomic mass is 9.77. The molecule has 0 bridgehead atoms. The number of carbonyl (C=O) groups excluding carboxylic acids is 2. The lowest BCUT2D eigenvalue weighted by molar-refractivity contribution is -0.138. The number of halogens is 2. The van der Waals surface area contributed by atoms with E-state index in [-0.39, 0.29) is 44.2 Å². The third-order valence-corrected chi connectivity index (χ3v) is 9.61. The molecule has 4 rings (SSSR count). The second kappa shape index (κ2) is 18.1. The molecule has 0 saturated heterocycles. The predicted molar refractivity (Wildman–Crippen MR) is 183 cm³/mol. The molecule has 0 unspecified atom stereocenters. The van der Waals surface area contributed by atoms with Crippen LogP contribution >= 0.6 is 23.2 Å². The Labute approximate surface area is 287 Å². The summed E-state index contributed by atoms with van der Waals surface area (Å²) in [6.07, 6.45) is 9.76. The number of benzene rings is 2. The van der Waals surface area contributed by atoms with E-state index in [9.17, 15) is 24.9 Å². The summed E-state index contributed by atoms with van der Waals surface area (Å²) in [6.45, 7) is 1.80. The van der Waals surface area contributed by atoms with Gasteiger partial charge in [0, 0.05) is 40.7 Å². The average molecular weight is 692 g/mol. The standard InChI is InChI=1S/C36H48Cl2N2O7/c1-3-4-5-6-7-8-9-10-11-12-31(43)40(21-24-13-14-25(37)19-28(24)38)29-20-27(36(45)39-15-16-41)32-26-17-23(22-42)18-30(46-2)34(26)47-35(32)33(29)44/h13-14,17-20,29,32-33,35,41-42,44H,3-12,15-16,21-22H2,1-2H3,(H,39,45)/t29-,32+,33+,35+/m1/s1. The van der Waals surface area contributed by atoms with Gasteiger partial charge in [0.1, 0.15) is 12.2 Å². The molecule has 0 fully saturated rings. The molecule has 0 aromatic heterocycles. The molecule has 0 saturated carbocycles. The van der Waals surface area contributed by atoms with Gasteiger partial charge in [-0.25, -0.2) is 0 Å². The van der Waals surface area contributed by atoms with Crippen molar-refractivity contribution in [3.05, 3.63) is 68.7 Å². The number of hydrogen-bond donors (Lipinski definition) is 4. The molecule has 0 radical (unpaired) electrons. The van der Waals surface area contributed by atoms with E-state index in [0.29, 0.717) is 44.7 Å². The zero-order valence-electron chi connectivity index (χ0n) is 27.4. The van der Waals surface area contributed by atoms with E-state index < -0.39 is 30.1 Å². The Kier molecular flexibility index (Phi) is 14.2. The molecule has 2 aliphatic rings. The third kappa shape index (κ3) is 9.21. The molecule has 2 aromatic rings. The summed E-state index contributed by atoms with van der Waals surface area (Å²) in [4.78, 5) is 29.2. The van der Waals surface area contributed by atoms with E-state index in [2.05, 4.69) is 12.2 Å². The van der Waals surface area contributed by atoms with Crippen molar-refractivity contribution >= 4 is 35.0 Å². The molecule has 4 N–H and O–H groups in total. The molecule has 2 aromatic carbocycles. The number of nitrogens with one attached hydrogen (secondary N) is 1. The molecule has 1 aliphatic heterocycles. The van der Waals surface area contributed by atoms with Crippen molar-refractivity contribution in [2.45, 2.75) is 108 Å². The monoisotopic (exact) mass is 690 g/mol. The van der Waals surface area contributed by atoms with Crippen LogP contribution in [0.3, 0.4) is 0 Å². The first-order valence-corrected chi connectivity index (χ1v) is 17.5. The Morgan fingerprint density at radius 3 is 2.34 bits per heavy atom. The van der Waals surface area contributed by atoms with Gasteiger partial charge in [-0.1, -0.05) is 87.6 Å². The Morgan fingerprint density at radius 1 is 1.00 bits per heavy atom. The lowest BCUT2D eigenvalue weighted by Gasteiger charge is -2.41. The number of nitrogens with zero attached hydrogens (tertiary/aromatic N) is 1. The van der Waals surface area contributed by atoms with Crippen molar-refractivity contribution in [2.24, 2.45) is 0 Å². The molecule has 1 heterocycles. The Balaban J connectivity index is 1.64. The SMILES string of the molecule is CCCCCCCCCCCC(=O)N(Cc1ccc(Cl)cc1Cl)[C@@H]1C=C(C(=O)NCCO)[C@@H]2c3cc(CO)cc(OC)c3O[C@@H]2[C@H]1O. The van der Waals surface area contributed by atoms with Crippen LogP contribution in [0.1, 0.15) is 93.7 Å². The highest BCUT2D eigenvalue weighted by Gasteiger charge is 2.51. The van der Waals surface area contributed by atoms with Crippen molar-refractivity contribution < 1.29 is 34.4 Å². The lowest BCUT2D eigenvalue weighted by Crippen LogP contribution is -2.55. The summed E-state index contributed by atoms with van der Waals surface area (Å²) in [7, 11) is 1.48. The van der Waals surface area contributed by atoms with Crippen LogP contribution in [0, 0.1) is 0 Å². The van der Waals surface area contributed by atoms with Gasteiger partial charge in [0.15, 0.2) is 11.5 Å². The maximum atomic E-state index is 14.0. The topological polar surface area (TPSA) is 129 Å². The summed E-state index contributed by atoms with van der Waals surface area (Å²) < 4.78 is 11.9. The molecule has 4 atom stereocenters. The van der Waals surface area contributed by atoms with Crippen LogP contribution < -0.4 is 14.8 Å². The largest absolute Gasteiger partial charge is 0.493 e. The van der Waals surface area contributed by atoms with Gasteiger partial charge in [0.25, 0.3) is 0 Å². The smallest absolute Gasteiger partial charge is 0.247 e.